The SMILES string of the molecule is COC1=C[C@H]2[C@H]3Cc4ccc(OC)c5c4[C@@]2(CCN3C)[C@@H](O5)[C@H]1O. The Morgan fingerprint density at radius 1 is 1.29 bits per heavy atom. The van der Waals surface area contributed by atoms with Crippen molar-refractivity contribution in [3.8, 4) is 11.5 Å². The smallest absolute Gasteiger partial charge is 0.165 e. The number of rotatable bonds is 2. The van der Waals surface area contributed by atoms with Crippen molar-refractivity contribution in [1.82, 2.24) is 4.90 Å². The van der Waals surface area contributed by atoms with Crippen molar-refractivity contribution in [1.29, 1.82) is 0 Å². The molecule has 24 heavy (non-hydrogen) atoms. The van der Waals surface area contributed by atoms with E-state index >= 15 is 0 Å². The van der Waals surface area contributed by atoms with Gasteiger partial charge in [0.05, 0.1) is 14.2 Å². The molecule has 1 fully saturated rings. The molecular formula is C19H23NO4. The third-order valence-electron chi connectivity index (χ3n) is 6.69. The molecule has 0 saturated carbocycles. The maximum atomic E-state index is 10.9. The van der Waals surface area contributed by atoms with E-state index in [-0.39, 0.29) is 11.5 Å². The molecule has 2 aliphatic heterocycles. The molecule has 1 spiro atoms. The average molecular weight is 329 g/mol. The van der Waals surface area contributed by atoms with E-state index in [9.17, 15) is 5.11 Å². The van der Waals surface area contributed by atoms with Crippen LogP contribution >= 0.6 is 0 Å². The van der Waals surface area contributed by atoms with Gasteiger partial charge in [-0.1, -0.05) is 6.07 Å². The van der Waals surface area contributed by atoms with Crippen molar-refractivity contribution in [2.75, 3.05) is 27.8 Å². The van der Waals surface area contributed by atoms with Crippen LogP contribution in [0.2, 0.25) is 0 Å². The number of aliphatic hydroxyl groups is 1. The molecule has 0 unspecified atom stereocenters. The summed E-state index contributed by atoms with van der Waals surface area (Å²) in [6.45, 7) is 1.01. The first-order chi connectivity index (χ1) is 11.6. The Balaban J connectivity index is 1.80. The molecule has 5 nitrogen and oxygen atoms in total. The van der Waals surface area contributed by atoms with Crippen LogP contribution in [0.25, 0.3) is 0 Å². The van der Waals surface area contributed by atoms with Gasteiger partial charge in [-0.3, -0.25) is 0 Å². The van der Waals surface area contributed by atoms with E-state index in [1.165, 1.54) is 11.1 Å². The number of likely N-dealkylation sites (N-methyl/N-ethyl adjacent to an activating group) is 1. The minimum Gasteiger partial charge on any atom is -0.499 e. The molecule has 2 aliphatic carbocycles. The van der Waals surface area contributed by atoms with Gasteiger partial charge in [-0.2, -0.15) is 0 Å². The zero-order valence-electron chi connectivity index (χ0n) is 14.3. The van der Waals surface area contributed by atoms with Crippen molar-refractivity contribution in [2.24, 2.45) is 5.92 Å². The fourth-order valence-electron chi connectivity index (χ4n) is 5.60. The van der Waals surface area contributed by atoms with Gasteiger partial charge in [-0.05, 0) is 44.1 Å². The van der Waals surface area contributed by atoms with Crippen LogP contribution in [0.4, 0.5) is 0 Å². The summed E-state index contributed by atoms with van der Waals surface area (Å²) < 4.78 is 17.4. The number of ether oxygens (including phenoxy) is 3. The van der Waals surface area contributed by atoms with Crippen molar-refractivity contribution in [3.63, 3.8) is 0 Å². The van der Waals surface area contributed by atoms with Crippen LogP contribution in [0.15, 0.2) is 24.0 Å². The monoisotopic (exact) mass is 329 g/mol. The third kappa shape index (κ3) is 1.48. The lowest BCUT2D eigenvalue weighted by atomic mass is 9.53. The molecule has 4 aliphatic rings. The Bertz CT molecular complexity index is 745. The predicted molar refractivity (Wildman–Crippen MR) is 88.4 cm³/mol. The molecule has 1 aromatic rings. The van der Waals surface area contributed by atoms with Gasteiger partial charge >= 0.3 is 0 Å². The van der Waals surface area contributed by atoms with Crippen molar-refractivity contribution in [2.45, 2.75) is 36.5 Å². The van der Waals surface area contributed by atoms with E-state index in [1.54, 1.807) is 14.2 Å². The molecular weight excluding hydrogens is 306 g/mol. The molecule has 128 valence electrons. The second-order valence-electron chi connectivity index (χ2n) is 7.46. The molecule has 2 heterocycles. The van der Waals surface area contributed by atoms with Crippen LogP contribution < -0.4 is 9.47 Å². The first-order valence-electron chi connectivity index (χ1n) is 8.63. The number of hydrogen-bond donors (Lipinski definition) is 1. The van der Waals surface area contributed by atoms with Gasteiger partial charge in [-0.25, -0.2) is 0 Å². The molecule has 5 rings (SSSR count). The summed E-state index contributed by atoms with van der Waals surface area (Å²) in [4.78, 5) is 2.44. The average Bonchev–Trinajstić information content (AvgIpc) is 2.94. The second-order valence-corrected chi connectivity index (χ2v) is 7.46. The summed E-state index contributed by atoms with van der Waals surface area (Å²) in [6, 6.07) is 4.58. The summed E-state index contributed by atoms with van der Waals surface area (Å²) in [7, 11) is 5.50. The highest BCUT2D eigenvalue weighted by atomic mass is 16.5. The van der Waals surface area contributed by atoms with E-state index in [4.69, 9.17) is 14.2 Å². The lowest BCUT2D eigenvalue weighted by molar-refractivity contribution is -0.0680. The maximum absolute atomic E-state index is 10.9. The number of hydrogen-bond acceptors (Lipinski definition) is 5. The first-order valence-corrected chi connectivity index (χ1v) is 8.63. The highest BCUT2D eigenvalue weighted by Crippen LogP contribution is 2.63. The van der Waals surface area contributed by atoms with E-state index < -0.39 is 6.10 Å². The summed E-state index contributed by atoms with van der Waals surface area (Å²) in [5, 5.41) is 10.9. The summed E-state index contributed by atoms with van der Waals surface area (Å²) in [5.41, 5.74) is 2.44. The van der Waals surface area contributed by atoms with E-state index in [0.29, 0.717) is 17.7 Å². The second kappa shape index (κ2) is 4.67. The summed E-state index contributed by atoms with van der Waals surface area (Å²) >= 11 is 0. The van der Waals surface area contributed by atoms with Crippen molar-refractivity contribution in [3.05, 3.63) is 35.1 Å². The number of methoxy groups -OCH3 is 2. The maximum Gasteiger partial charge on any atom is 0.165 e. The standard InChI is InChI=1S/C19H23NO4/c1-20-7-6-19-11-9-14(23-3)16(21)18(19)24-17-13(22-2)5-4-10(15(17)19)8-12(11)20/h4-5,9,11-12,16,18,21H,6-8H2,1-3H3/t11-,12+,16-,18-,19-/m0/s1. The fraction of sp³-hybridized carbons (Fsp3) is 0.579. The van der Waals surface area contributed by atoms with Gasteiger partial charge in [0.15, 0.2) is 11.5 Å². The van der Waals surface area contributed by atoms with Gasteiger partial charge in [-0.15, -0.1) is 0 Å². The minimum absolute atomic E-state index is 0.171. The van der Waals surface area contributed by atoms with Crippen LogP contribution in [-0.2, 0) is 16.6 Å². The van der Waals surface area contributed by atoms with Crippen molar-refractivity contribution < 1.29 is 19.3 Å². The van der Waals surface area contributed by atoms with Gasteiger partial charge < -0.3 is 24.2 Å². The number of nitrogens with zero attached hydrogens (tertiary/aromatic N) is 1. The summed E-state index contributed by atoms with van der Waals surface area (Å²) in [6.07, 6.45) is 3.09. The molecule has 0 aromatic heterocycles. The van der Waals surface area contributed by atoms with Crippen LogP contribution in [0.5, 0.6) is 11.5 Å². The number of piperidine rings is 1. The van der Waals surface area contributed by atoms with E-state index in [2.05, 4.69) is 24.1 Å². The Labute approximate surface area is 141 Å². The number of benzene rings is 1. The Hall–Kier alpha value is -1.72. The zero-order chi connectivity index (χ0) is 16.6. The first kappa shape index (κ1) is 14.6. The molecule has 1 saturated heterocycles. The number of aliphatic hydroxyl groups excluding tert-OH is 1. The molecule has 0 radical (unpaired) electrons. The molecule has 0 amide bonds. The van der Waals surface area contributed by atoms with Gasteiger partial charge in [0.1, 0.15) is 18.0 Å². The van der Waals surface area contributed by atoms with Gasteiger partial charge in [0.25, 0.3) is 0 Å². The highest BCUT2D eigenvalue weighted by molar-refractivity contribution is 5.62. The van der Waals surface area contributed by atoms with Crippen molar-refractivity contribution >= 4 is 0 Å². The topological polar surface area (TPSA) is 51.2 Å². The molecule has 1 aromatic carbocycles. The quantitative estimate of drug-likeness (QED) is 0.891. The molecule has 1 N–H and O–H groups in total. The van der Waals surface area contributed by atoms with Gasteiger partial charge in [0, 0.05) is 22.9 Å². The lowest BCUT2D eigenvalue weighted by Crippen LogP contribution is -2.65. The summed E-state index contributed by atoms with van der Waals surface area (Å²) in [5.74, 6) is 2.52. The van der Waals surface area contributed by atoms with Crippen LogP contribution in [-0.4, -0.2) is 56.1 Å². The van der Waals surface area contributed by atoms with Crippen LogP contribution in [0, 0.1) is 5.92 Å². The van der Waals surface area contributed by atoms with Crippen LogP contribution in [0.1, 0.15) is 17.5 Å². The molecule has 2 bridgehead atoms. The molecule has 5 heteroatoms. The fourth-order valence-corrected chi connectivity index (χ4v) is 5.60. The Morgan fingerprint density at radius 2 is 2.12 bits per heavy atom. The Morgan fingerprint density at radius 3 is 2.88 bits per heavy atom. The predicted octanol–water partition coefficient (Wildman–Crippen LogP) is 1.48. The number of likely N-dealkylation sites (tertiary alicyclic amines) is 1. The normalized spacial score (nSPS) is 38.9. The highest BCUT2D eigenvalue weighted by Gasteiger charge is 2.65. The largest absolute Gasteiger partial charge is 0.499 e. The van der Waals surface area contributed by atoms with E-state index in [1.807, 2.05) is 6.07 Å². The van der Waals surface area contributed by atoms with E-state index in [0.717, 1.165) is 30.9 Å². The lowest BCUT2D eigenvalue weighted by Gasteiger charge is -2.56. The zero-order valence-corrected chi connectivity index (χ0v) is 14.3. The third-order valence-corrected chi connectivity index (χ3v) is 6.69. The Kier molecular flexibility index (Phi) is 2.84. The minimum atomic E-state index is -0.738. The molecule has 5 atom stereocenters. The van der Waals surface area contributed by atoms with Gasteiger partial charge in [0.2, 0.25) is 0 Å². The van der Waals surface area contributed by atoms with Crippen LogP contribution in [0.3, 0.4) is 0 Å².